The Labute approximate surface area is 206 Å². The van der Waals surface area contributed by atoms with Crippen LogP contribution in [0.4, 0.5) is 27.5 Å². The first-order valence-corrected chi connectivity index (χ1v) is 11.9. The van der Waals surface area contributed by atoms with Crippen molar-refractivity contribution in [3.8, 4) is 11.3 Å². The van der Waals surface area contributed by atoms with Gasteiger partial charge >= 0.3 is 0 Å². The van der Waals surface area contributed by atoms with E-state index in [0.717, 1.165) is 33.3 Å². The molecule has 2 aliphatic rings. The van der Waals surface area contributed by atoms with Gasteiger partial charge in [-0.2, -0.15) is 5.10 Å². The second-order valence-corrected chi connectivity index (χ2v) is 9.48. The summed E-state index contributed by atoms with van der Waals surface area (Å²) in [6.07, 6.45) is 4.43. The first-order valence-electron chi connectivity index (χ1n) is 11.9. The van der Waals surface area contributed by atoms with Gasteiger partial charge in [0.2, 0.25) is 5.91 Å². The Balaban J connectivity index is 1.36. The van der Waals surface area contributed by atoms with Crippen molar-refractivity contribution < 1.29 is 9.18 Å². The van der Waals surface area contributed by atoms with Crippen LogP contribution in [0.2, 0.25) is 0 Å². The fourth-order valence-electron chi connectivity index (χ4n) is 4.90. The Kier molecular flexibility index (Phi) is 5.02. The van der Waals surface area contributed by atoms with Crippen LogP contribution in [0.3, 0.4) is 0 Å². The molecule has 0 aliphatic carbocycles. The number of nitrogens with one attached hydrogen (secondary N) is 3. The summed E-state index contributed by atoms with van der Waals surface area (Å²) in [5.41, 5.74) is 9.26. The van der Waals surface area contributed by atoms with Crippen LogP contribution in [0, 0.1) is 6.92 Å². The van der Waals surface area contributed by atoms with Gasteiger partial charge in [0.1, 0.15) is 23.9 Å². The van der Waals surface area contributed by atoms with Crippen molar-refractivity contribution in [2.75, 3.05) is 29.5 Å². The van der Waals surface area contributed by atoms with Crippen LogP contribution in [0.15, 0.2) is 30.6 Å². The van der Waals surface area contributed by atoms with Crippen molar-refractivity contribution in [1.29, 1.82) is 0 Å². The van der Waals surface area contributed by atoms with Gasteiger partial charge in [0, 0.05) is 61.0 Å². The van der Waals surface area contributed by atoms with E-state index in [1.54, 1.807) is 24.0 Å². The Hall–Kier alpha value is -4.28. The zero-order chi connectivity index (χ0) is 25.0. The molecule has 0 spiro atoms. The maximum absolute atomic E-state index is 15.0. The fraction of sp³-hybridized carbons (Fsp3) is 0.320. The van der Waals surface area contributed by atoms with Crippen molar-refractivity contribution in [2.24, 2.45) is 0 Å². The number of rotatable bonds is 3. The summed E-state index contributed by atoms with van der Waals surface area (Å²) in [5, 5.41) is 15.4. The number of hydrogen-bond donors (Lipinski definition) is 4. The SMILES string of the molecule is Cc1c(-c2cc3cc(Nc4cc5n(n4)CC(=O)NCC5)ncc3c(N)n2)cnc2c1NCCC2(C)F. The molecule has 0 saturated carbocycles. The third kappa shape index (κ3) is 3.76. The molecule has 4 aromatic rings. The number of fused-ring (bicyclic) bond motifs is 3. The number of hydrogen-bond acceptors (Lipinski definition) is 8. The van der Waals surface area contributed by atoms with Gasteiger partial charge < -0.3 is 21.7 Å². The first kappa shape index (κ1) is 22.2. The van der Waals surface area contributed by atoms with E-state index in [1.807, 2.05) is 25.1 Å². The number of nitrogens with two attached hydrogens (primary N) is 1. The highest BCUT2D eigenvalue weighted by Gasteiger charge is 2.35. The summed E-state index contributed by atoms with van der Waals surface area (Å²) in [6.45, 7) is 4.83. The molecule has 2 aliphatic heterocycles. The lowest BCUT2D eigenvalue weighted by Crippen LogP contribution is -2.29. The summed E-state index contributed by atoms with van der Waals surface area (Å²) >= 11 is 0. The monoisotopic (exact) mass is 487 g/mol. The Bertz CT molecular complexity index is 1530. The summed E-state index contributed by atoms with van der Waals surface area (Å²) < 4.78 is 16.7. The number of carbonyl (C=O) groups excluding carboxylic acids is 1. The Morgan fingerprint density at radius 2 is 2.00 bits per heavy atom. The van der Waals surface area contributed by atoms with Crippen LogP contribution in [0.1, 0.15) is 30.3 Å². The van der Waals surface area contributed by atoms with Crippen molar-refractivity contribution in [1.82, 2.24) is 30.0 Å². The number of amides is 1. The molecule has 6 rings (SSSR count). The summed E-state index contributed by atoms with van der Waals surface area (Å²) in [7, 11) is 0. The van der Waals surface area contributed by atoms with Crippen LogP contribution in [-0.4, -0.2) is 43.7 Å². The molecule has 36 heavy (non-hydrogen) atoms. The van der Waals surface area contributed by atoms with Crippen LogP contribution in [0.5, 0.6) is 0 Å². The first-order chi connectivity index (χ1) is 17.3. The lowest BCUT2D eigenvalue weighted by Gasteiger charge is -2.30. The van der Waals surface area contributed by atoms with E-state index in [9.17, 15) is 4.79 Å². The zero-order valence-corrected chi connectivity index (χ0v) is 20.0. The topological polar surface area (TPSA) is 136 Å². The van der Waals surface area contributed by atoms with Crippen LogP contribution < -0.4 is 21.7 Å². The molecule has 0 fully saturated rings. The Morgan fingerprint density at radius 1 is 1.14 bits per heavy atom. The summed E-state index contributed by atoms with van der Waals surface area (Å²) in [5.74, 6) is 1.50. The molecule has 1 unspecified atom stereocenters. The predicted molar refractivity (Wildman–Crippen MR) is 136 cm³/mol. The lowest BCUT2D eigenvalue weighted by atomic mass is 9.91. The average Bonchev–Trinajstić information content (AvgIpc) is 3.10. The van der Waals surface area contributed by atoms with Gasteiger partial charge in [0.15, 0.2) is 11.5 Å². The van der Waals surface area contributed by atoms with Gasteiger partial charge in [0.05, 0.1) is 11.4 Å². The van der Waals surface area contributed by atoms with E-state index in [2.05, 4.69) is 36.0 Å². The molecule has 10 nitrogen and oxygen atoms in total. The second-order valence-electron chi connectivity index (χ2n) is 9.48. The van der Waals surface area contributed by atoms with Crippen molar-refractivity contribution >= 4 is 39.8 Å². The van der Waals surface area contributed by atoms with Crippen LogP contribution in [-0.2, 0) is 23.4 Å². The normalized spacial score (nSPS) is 19.1. The molecule has 0 radical (unpaired) electrons. The van der Waals surface area contributed by atoms with Crippen molar-refractivity contribution in [3.63, 3.8) is 0 Å². The van der Waals surface area contributed by atoms with Gasteiger partial charge in [0.25, 0.3) is 0 Å². The highest BCUT2D eigenvalue weighted by Crippen LogP contribution is 2.41. The molecule has 6 heterocycles. The Morgan fingerprint density at radius 3 is 2.86 bits per heavy atom. The number of aromatic nitrogens is 5. The van der Waals surface area contributed by atoms with Crippen molar-refractivity contribution in [3.05, 3.63) is 47.5 Å². The molecule has 0 saturated heterocycles. The minimum absolute atomic E-state index is 0.0546. The zero-order valence-electron chi connectivity index (χ0n) is 20.0. The highest BCUT2D eigenvalue weighted by molar-refractivity contribution is 5.95. The number of halogens is 1. The minimum atomic E-state index is -1.47. The molecule has 1 amide bonds. The number of carbonyl (C=O) groups is 1. The van der Waals surface area contributed by atoms with Gasteiger partial charge in [-0.1, -0.05) is 0 Å². The number of nitrogen functional groups attached to an aromatic ring is 1. The molecule has 0 bridgehead atoms. The van der Waals surface area contributed by atoms with E-state index in [-0.39, 0.29) is 12.5 Å². The highest BCUT2D eigenvalue weighted by atomic mass is 19.1. The third-order valence-electron chi connectivity index (χ3n) is 6.87. The quantitative estimate of drug-likeness (QED) is 0.346. The van der Waals surface area contributed by atoms with Crippen LogP contribution in [0.25, 0.3) is 22.0 Å². The summed E-state index contributed by atoms with van der Waals surface area (Å²) in [6, 6.07) is 5.73. The fourth-order valence-corrected chi connectivity index (χ4v) is 4.90. The van der Waals surface area contributed by atoms with Gasteiger partial charge in [-0.3, -0.25) is 14.5 Å². The molecular weight excluding hydrogens is 461 g/mol. The second kappa shape index (κ2) is 8.14. The van der Waals surface area contributed by atoms with Gasteiger partial charge in [-0.05, 0) is 36.9 Å². The van der Waals surface area contributed by atoms with E-state index in [4.69, 9.17) is 5.73 Å². The number of alkyl halides is 1. The summed E-state index contributed by atoms with van der Waals surface area (Å²) in [4.78, 5) is 25.3. The predicted octanol–water partition coefficient (Wildman–Crippen LogP) is 3.20. The van der Waals surface area contributed by atoms with Crippen molar-refractivity contribution in [2.45, 2.75) is 38.9 Å². The average molecular weight is 488 g/mol. The molecule has 11 heteroatoms. The standard InChI is InChI=1S/C25H26FN9O/c1-13-16(10-31-23-22(13)29-6-4-25(23,2)26)18-7-14-8-19(30-11-17(14)24(27)32-18)33-20-9-15-3-5-28-21(36)12-35(15)34-20/h7-11,29H,3-6,12H2,1-2H3,(H2,27,32)(H,28,36)(H,30,33,34). The van der Waals surface area contributed by atoms with E-state index in [1.165, 1.54) is 0 Å². The van der Waals surface area contributed by atoms with E-state index >= 15 is 4.39 Å². The minimum Gasteiger partial charge on any atom is -0.383 e. The van der Waals surface area contributed by atoms with E-state index in [0.29, 0.717) is 54.8 Å². The lowest BCUT2D eigenvalue weighted by molar-refractivity contribution is -0.121. The van der Waals surface area contributed by atoms with E-state index < -0.39 is 5.67 Å². The van der Waals surface area contributed by atoms with Gasteiger partial charge in [-0.25, -0.2) is 14.4 Å². The van der Waals surface area contributed by atoms with Crippen LogP contribution >= 0.6 is 0 Å². The molecule has 5 N–H and O–H groups in total. The molecule has 4 aromatic heterocycles. The number of pyridine rings is 3. The number of nitrogens with zero attached hydrogens (tertiary/aromatic N) is 5. The molecule has 184 valence electrons. The largest absolute Gasteiger partial charge is 0.383 e. The molecule has 0 aromatic carbocycles. The maximum atomic E-state index is 15.0. The molecule has 1 atom stereocenters. The maximum Gasteiger partial charge on any atom is 0.241 e. The number of anilines is 4. The van der Waals surface area contributed by atoms with Gasteiger partial charge in [-0.15, -0.1) is 0 Å². The molecular formula is C25H26FN9O. The smallest absolute Gasteiger partial charge is 0.241 e. The third-order valence-corrected chi connectivity index (χ3v) is 6.87.